The van der Waals surface area contributed by atoms with Gasteiger partial charge in [-0.2, -0.15) is 0 Å². The van der Waals surface area contributed by atoms with Crippen LogP contribution in [0.2, 0.25) is 0 Å². The molecule has 1 amide bonds. The predicted molar refractivity (Wildman–Crippen MR) is 76.5 cm³/mol. The standard InChI is InChI=1S/C14H22N4O2/c1-18(2)14(20)11-7-8-13(17-16-11)15-9-10-5-3-4-6-12(10)19/h7-8,10,12,19H,3-6,9H2,1-2H3,(H,15,17). The number of carbonyl (C=O) groups is 1. The molecule has 1 saturated carbocycles. The van der Waals surface area contributed by atoms with E-state index in [1.165, 1.54) is 11.3 Å². The van der Waals surface area contributed by atoms with Crippen LogP contribution in [0, 0.1) is 5.92 Å². The molecule has 1 aromatic heterocycles. The van der Waals surface area contributed by atoms with Crippen molar-refractivity contribution in [2.75, 3.05) is 26.0 Å². The Morgan fingerprint density at radius 2 is 2.10 bits per heavy atom. The highest BCUT2D eigenvalue weighted by atomic mass is 16.3. The van der Waals surface area contributed by atoms with Crippen molar-refractivity contribution in [2.24, 2.45) is 5.92 Å². The molecule has 6 heteroatoms. The molecule has 6 nitrogen and oxygen atoms in total. The first-order chi connectivity index (χ1) is 9.58. The molecule has 2 N–H and O–H groups in total. The first-order valence-corrected chi connectivity index (χ1v) is 7.05. The minimum Gasteiger partial charge on any atom is -0.393 e. The van der Waals surface area contributed by atoms with E-state index >= 15 is 0 Å². The fourth-order valence-electron chi connectivity index (χ4n) is 2.43. The Labute approximate surface area is 119 Å². The predicted octanol–water partition coefficient (Wildman–Crippen LogP) is 1.14. The number of nitrogens with zero attached hydrogens (tertiary/aromatic N) is 3. The number of aromatic nitrogens is 2. The molecule has 20 heavy (non-hydrogen) atoms. The molecule has 0 saturated heterocycles. The van der Waals surface area contributed by atoms with Gasteiger partial charge in [0.1, 0.15) is 5.82 Å². The Kier molecular flexibility index (Phi) is 4.89. The number of aliphatic hydroxyl groups is 1. The lowest BCUT2D eigenvalue weighted by atomic mass is 9.86. The van der Waals surface area contributed by atoms with E-state index in [1.807, 2.05) is 0 Å². The lowest BCUT2D eigenvalue weighted by Crippen LogP contribution is -2.30. The van der Waals surface area contributed by atoms with Crippen molar-refractivity contribution >= 4 is 11.7 Å². The number of hydrogen-bond acceptors (Lipinski definition) is 5. The summed E-state index contributed by atoms with van der Waals surface area (Å²) in [6.07, 6.45) is 3.98. The summed E-state index contributed by atoms with van der Waals surface area (Å²) in [6.45, 7) is 0.691. The number of amides is 1. The molecule has 2 unspecified atom stereocenters. The summed E-state index contributed by atoms with van der Waals surface area (Å²) in [7, 11) is 3.36. The molecule has 1 aliphatic rings. The number of hydrogen-bond donors (Lipinski definition) is 2. The largest absolute Gasteiger partial charge is 0.393 e. The van der Waals surface area contributed by atoms with Crippen molar-refractivity contribution < 1.29 is 9.90 Å². The zero-order chi connectivity index (χ0) is 14.5. The van der Waals surface area contributed by atoms with Crippen molar-refractivity contribution in [1.82, 2.24) is 15.1 Å². The van der Waals surface area contributed by atoms with E-state index in [-0.39, 0.29) is 17.9 Å². The topological polar surface area (TPSA) is 78.4 Å². The van der Waals surface area contributed by atoms with E-state index in [0.29, 0.717) is 18.1 Å². The highest BCUT2D eigenvalue weighted by molar-refractivity contribution is 5.91. The zero-order valence-corrected chi connectivity index (χ0v) is 12.0. The Balaban J connectivity index is 1.89. The van der Waals surface area contributed by atoms with E-state index in [9.17, 15) is 9.90 Å². The van der Waals surface area contributed by atoms with Gasteiger partial charge in [0.25, 0.3) is 5.91 Å². The number of rotatable bonds is 4. The molecule has 0 aliphatic heterocycles. The first-order valence-electron chi connectivity index (χ1n) is 7.05. The van der Waals surface area contributed by atoms with Crippen LogP contribution in [0.4, 0.5) is 5.82 Å². The zero-order valence-electron chi connectivity index (χ0n) is 12.0. The van der Waals surface area contributed by atoms with Crippen LogP contribution >= 0.6 is 0 Å². The van der Waals surface area contributed by atoms with E-state index in [1.54, 1.807) is 26.2 Å². The van der Waals surface area contributed by atoms with Gasteiger partial charge in [0.15, 0.2) is 5.69 Å². The molecule has 1 fully saturated rings. The van der Waals surface area contributed by atoms with Crippen LogP contribution in [-0.4, -0.2) is 52.9 Å². The minimum atomic E-state index is -0.223. The van der Waals surface area contributed by atoms with Crippen LogP contribution in [0.5, 0.6) is 0 Å². The molecule has 2 atom stereocenters. The third kappa shape index (κ3) is 3.66. The second-order valence-corrected chi connectivity index (χ2v) is 5.50. The van der Waals surface area contributed by atoms with Crippen LogP contribution in [0.1, 0.15) is 36.2 Å². The monoisotopic (exact) mass is 278 g/mol. The maximum atomic E-state index is 11.7. The minimum absolute atomic E-state index is 0.160. The molecule has 0 spiro atoms. The Bertz CT molecular complexity index is 447. The Morgan fingerprint density at radius 3 is 2.70 bits per heavy atom. The van der Waals surface area contributed by atoms with Gasteiger partial charge in [0.2, 0.25) is 0 Å². The summed E-state index contributed by atoms with van der Waals surface area (Å²) in [5, 5.41) is 21.0. The van der Waals surface area contributed by atoms with Crippen molar-refractivity contribution in [2.45, 2.75) is 31.8 Å². The van der Waals surface area contributed by atoms with Gasteiger partial charge in [0, 0.05) is 26.6 Å². The maximum Gasteiger partial charge on any atom is 0.273 e. The third-order valence-corrected chi connectivity index (χ3v) is 3.70. The van der Waals surface area contributed by atoms with Gasteiger partial charge in [0.05, 0.1) is 6.10 Å². The van der Waals surface area contributed by atoms with Crippen molar-refractivity contribution in [3.05, 3.63) is 17.8 Å². The lowest BCUT2D eigenvalue weighted by molar-refractivity contribution is 0.0763. The number of nitrogens with one attached hydrogen (secondary N) is 1. The quantitative estimate of drug-likeness (QED) is 0.863. The average Bonchev–Trinajstić information content (AvgIpc) is 2.46. The van der Waals surface area contributed by atoms with Crippen LogP contribution < -0.4 is 5.32 Å². The Morgan fingerprint density at radius 1 is 1.35 bits per heavy atom. The molecule has 2 rings (SSSR count). The van der Waals surface area contributed by atoms with Crippen molar-refractivity contribution in [1.29, 1.82) is 0 Å². The van der Waals surface area contributed by atoms with Gasteiger partial charge < -0.3 is 15.3 Å². The summed E-state index contributed by atoms with van der Waals surface area (Å²) in [6, 6.07) is 3.41. The summed E-state index contributed by atoms with van der Waals surface area (Å²) in [5.74, 6) is 0.749. The summed E-state index contributed by atoms with van der Waals surface area (Å²) < 4.78 is 0. The highest BCUT2D eigenvalue weighted by Crippen LogP contribution is 2.24. The summed E-state index contributed by atoms with van der Waals surface area (Å²) in [4.78, 5) is 13.1. The fourth-order valence-corrected chi connectivity index (χ4v) is 2.43. The summed E-state index contributed by atoms with van der Waals surface area (Å²) >= 11 is 0. The van der Waals surface area contributed by atoms with Crippen LogP contribution in [0.25, 0.3) is 0 Å². The molecular weight excluding hydrogens is 256 g/mol. The van der Waals surface area contributed by atoms with Crippen LogP contribution in [0.3, 0.4) is 0 Å². The number of aliphatic hydroxyl groups excluding tert-OH is 1. The second-order valence-electron chi connectivity index (χ2n) is 5.50. The number of carbonyl (C=O) groups excluding carboxylic acids is 1. The normalized spacial score (nSPS) is 22.4. The molecular formula is C14H22N4O2. The van der Waals surface area contributed by atoms with Crippen LogP contribution in [-0.2, 0) is 0 Å². The third-order valence-electron chi connectivity index (χ3n) is 3.70. The molecule has 0 aromatic carbocycles. The van der Waals surface area contributed by atoms with Gasteiger partial charge in [-0.15, -0.1) is 10.2 Å². The molecule has 0 bridgehead atoms. The average molecular weight is 278 g/mol. The van der Waals surface area contributed by atoms with Crippen LogP contribution in [0.15, 0.2) is 12.1 Å². The lowest BCUT2D eigenvalue weighted by Gasteiger charge is -2.27. The van der Waals surface area contributed by atoms with Crippen molar-refractivity contribution in [3.8, 4) is 0 Å². The van der Waals surface area contributed by atoms with Gasteiger partial charge in [-0.05, 0) is 25.0 Å². The molecule has 0 radical (unpaired) electrons. The smallest absolute Gasteiger partial charge is 0.273 e. The molecule has 110 valence electrons. The SMILES string of the molecule is CN(C)C(=O)c1ccc(NCC2CCCCC2O)nn1. The van der Waals surface area contributed by atoms with Gasteiger partial charge in [-0.25, -0.2) is 0 Å². The van der Waals surface area contributed by atoms with Gasteiger partial charge >= 0.3 is 0 Å². The second kappa shape index (κ2) is 6.65. The maximum absolute atomic E-state index is 11.7. The number of anilines is 1. The molecule has 1 heterocycles. The van der Waals surface area contributed by atoms with E-state index < -0.39 is 0 Å². The Hall–Kier alpha value is -1.69. The van der Waals surface area contributed by atoms with E-state index in [0.717, 1.165) is 19.3 Å². The van der Waals surface area contributed by atoms with Gasteiger partial charge in [-0.1, -0.05) is 12.8 Å². The first kappa shape index (κ1) is 14.7. The van der Waals surface area contributed by atoms with E-state index in [4.69, 9.17) is 0 Å². The highest BCUT2D eigenvalue weighted by Gasteiger charge is 2.22. The fraction of sp³-hybridized carbons (Fsp3) is 0.643. The summed E-state index contributed by atoms with van der Waals surface area (Å²) in [5.41, 5.74) is 0.332. The van der Waals surface area contributed by atoms with Crippen molar-refractivity contribution in [3.63, 3.8) is 0 Å². The van der Waals surface area contributed by atoms with E-state index in [2.05, 4.69) is 15.5 Å². The molecule has 1 aromatic rings. The van der Waals surface area contributed by atoms with Gasteiger partial charge in [-0.3, -0.25) is 4.79 Å². The molecule has 1 aliphatic carbocycles.